The highest BCUT2D eigenvalue weighted by Gasteiger charge is 2.13. The summed E-state index contributed by atoms with van der Waals surface area (Å²) in [7, 11) is 3.40. The molecule has 0 aromatic heterocycles. The molecule has 1 N–H and O–H groups in total. The second-order valence-electron chi connectivity index (χ2n) is 3.64. The third-order valence-electron chi connectivity index (χ3n) is 2.53. The number of nitrogens with one attached hydrogen (secondary N) is 1. The first kappa shape index (κ1) is 13.1. The predicted octanol–water partition coefficient (Wildman–Crippen LogP) is 2.65. The lowest BCUT2D eigenvalue weighted by atomic mass is 10.0. The van der Waals surface area contributed by atoms with Crippen LogP contribution in [0.4, 0.5) is 8.78 Å². The molecule has 1 aromatic rings. The Hall–Kier alpha value is -1.00. The first-order chi connectivity index (χ1) is 7.69. The average molecular weight is 229 g/mol. The maximum atomic E-state index is 13.5. The van der Waals surface area contributed by atoms with Gasteiger partial charge in [0.15, 0.2) is 0 Å². The van der Waals surface area contributed by atoms with E-state index in [1.54, 1.807) is 14.2 Å². The zero-order valence-corrected chi connectivity index (χ0v) is 9.59. The molecule has 0 saturated carbocycles. The molecule has 0 spiro atoms. The molecule has 0 aliphatic rings. The van der Waals surface area contributed by atoms with Crippen LogP contribution in [0.2, 0.25) is 0 Å². The molecule has 4 heteroatoms. The van der Waals surface area contributed by atoms with Crippen molar-refractivity contribution in [3.8, 4) is 0 Å². The van der Waals surface area contributed by atoms with Crippen LogP contribution in [0.5, 0.6) is 0 Å². The van der Waals surface area contributed by atoms with E-state index in [4.69, 9.17) is 4.74 Å². The third kappa shape index (κ3) is 3.54. The first-order valence-electron chi connectivity index (χ1n) is 5.30. The van der Waals surface area contributed by atoms with Crippen LogP contribution in [0.25, 0.3) is 0 Å². The molecule has 0 saturated heterocycles. The van der Waals surface area contributed by atoms with Crippen LogP contribution < -0.4 is 5.32 Å². The Morgan fingerprint density at radius 2 is 2.12 bits per heavy atom. The quantitative estimate of drug-likeness (QED) is 0.757. The van der Waals surface area contributed by atoms with Gasteiger partial charge >= 0.3 is 0 Å². The molecule has 16 heavy (non-hydrogen) atoms. The lowest BCUT2D eigenvalue weighted by Gasteiger charge is -2.17. The van der Waals surface area contributed by atoms with Gasteiger partial charge in [0, 0.05) is 31.4 Å². The van der Waals surface area contributed by atoms with Crippen LogP contribution in [-0.2, 0) is 4.74 Å². The van der Waals surface area contributed by atoms with Crippen LogP contribution in [0.15, 0.2) is 18.2 Å². The number of benzene rings is 1. The molecule has 0 aliphatic heterocycles. The van der Waals surface area contributed by atoms with E-state index in [0.29, 0.717) is 12.2 Å². The summed E-state index contributed by atoms with van der Waals surface area (Å²) in [4.78, 5) is 0. The number of rotatable bonds is 6. The fourth-order valence-electron chi connectivity index (χ4n) is 1.67. The van der Waals surface area contributed by atoms with Gasteiger partial charge < -0.3 is 10.1 Å². The van der Waals surface area contributed by atoms with Crippen molar-refractivity contribution in [2.45, 2.75) is 18.9 Å². The second-order valence-corrected chi connectivity index (χ2v) is 3.64. The monoisotopic (exact) mass is 229 g/mol. The summed E-state index contributed by atoms with van der Waals surface area (Å²) >= 11 is 0. The Morgan fingerprint density at radius 1 is 1.38 bits per heavy atom. The zero-order valence-electron chi connectivity index (χ0n) is 9.59. The normalized spacial score (nSPS) is 12.8. The van der Waals surface area contributed by atoms with Gasteiger partial charge in [-0.1, -0.05) is 6.07 Å². The minimum Gasteiger partial charge on any atom is -0.385 e. The highest BCUT2D eigenvalue weighted by atomic mass is 19.1. The molecule has 0 aliphatic carbocycles. The lowest BCUT2D eigenvalue weighted by Crippen LogP contribution is -2.18. The summed E-state index contributed by atoms with van der Waals surface area (Å²) in [6.07, 6.45) is 1.59. The van der Waals surface area contributed by atoms with E-state index >= 15 is 0 Å². The molecule has 1 rings (SSSR count). The molecule has 2 nitrogen and oxygen atoms in total. The Balaban J connectivity index is 2.70. The average Bonchev–Trinajstić information content (AvgIpc) is 2.26. The van der Waals surface area contributed by atoms with Gasteiger partial charge in [0.25, 0.3) is 0 Å². The molecule has 0 heterocycles. The number of methoxy groups -OCH3 is 1. The minimum absolute atomic E-state index is 0.101. The van der Waals surface area contributed by atoms with Crippen molar-refractivity contribution in [2.24, 2.45) is 0 Å². The van der Waals surface area contributed by atoms with E-state index in [9.17, 15) is 8.78 Å². The van der Waals surface area contributed by atoms with Gasteiger partial charge in [-0.25, -0.2) is 8.78 Å². The largest absolute Gasteiger partial charge is 0.385 e. The van der Waals surface area contributed by atoms with E-state index < -0.39 is 11.6 Å². The van der Waals surface area contributed by atoms with Crippen LogP contribution in [-0.4, -0.2) is 20.8 Å². The molecular formula is C12H17F2NO. The smallest absolute Gasteiger partial charge is 0.130 e. The minimum atomic E-state index is -0.548. The summed E-state index contributed by atoms with van der Waals surface area (Å²) in [5.74, 6) is -1.05. The van der Waals surface area contributed by atoms with Crippen molar-refractivity contribution >= 4 is 0 Å². The van der Waals surface area contributed by atoms with Gasteiger partial charge in [-0.2, -0.15) is 0 Å². The number of hydrogen-bond donors (Lipinski definition) is 1. The van der Waals surface area contributed by atoms with Crippen LogP contribution in [0, 0.1) is 11.6 Å². The number of hydrogen-bond acceptors (Lipinski definition) is 2. The number of ether oxygens (including phenoxy) is 1. The molecular weight excluding hydrogens is 212 g/mol. The Morgan fingerprint density at radius 3 is 2.69 bits per heavy atom. The highest BCUT2D eigenvalue weighted by Crippen LogP contribution is 2.21. The van der Waals surface area contributed by atoms with E-state index in [2.05, 4.69) is 5.32 Å². The molecule has 0 bridgehead atoms. The van der Waals surface area contributed by atoms with E-state index in [-0.39, 0.29) is 6.04 Å². The predicted molar refractivity (Wildman–Crippen MR) is 59.3 cm³/mol. The Labute approximate surface area is 94.6 Å². The Kier molecular flexibility index (Phi) is 5.35. The standard InChI is InChI=1S/C12H17F2NO/c1-15-12(4-3-7-16-2)10-6-5-9(13)8-11(10)14/h5-6,8,12,15H,3-4,7H2,1-2H3. The summed E-state index contributed by atoms with van der Waals surface area (Å²) in [6.45, 7) is 0.640. The molecule has 0 amide bonds. The van der Waals surface area contributed by atoms with E-state index in [1.807, 2.05) is 0 Å². The Bertz CT molecular complexity index is 331. The first-order valence-corrected chi connectivity index (χ1v) is 5.30. The van der Waals surface area contributed by atoms with Crippen molar-refractivity contribution in [1.29, 1.82) is 0 Å². The third-order valence-corrected chi connectivity index (χ3v) is 2.53. The van der Waals surface area contributed by atoms with Crippen molar-refractivity contribution in [1.82, 2.24) is 5.32 Å². The highest BCUT2D eigenvalue weighted by molar-refractivity contribution is 5.22. The van der Waals surface area contributed by atoms with Gasteiger partial charge in [-0.3, -0.25) is 0 Å². The molecule has 0 fully saturated rings. The van der Waals surface area contributed by atoms with Gasteiger partial charge in [-0.15, -0.1) is 0 Å². The fourth-order valence-corrected chi connectivity index (χ4v) is 1.67. The van der Waals surface area contributed by atoms with E-state index in [0.717, 1.165) is 18.9 Å². The van der Waals surface area contributed by atoms with Gasteiger partial charge in [0.2, 0.25) is 0 Å². The van der Waals surface area contributed by atoms with Gasteiger partial charge in [0.05, 0.1) is 0 Å². The number of halogens is 2. The van der Waals surface area contributed by atoms with Crippen molar-refractivity contribution in [3.05, 3.63) is 35.4 Å². The molecule has 1 aromatic carbocycles. The molecule has 90 valence electrons. The van der Waals surface area contributed by atoms with Crippen molar-refractivity contribution in [2.75, 3.05) is 20.8 Å². The fraction of sp³-hybridized carbons (Fsp3) is 0.500. The summed E-state index contributed by atoms with van der Waals surface area (Å²) < 4.78 is 31.2. The van der Waals surface area contributed by atoms with Gasteiger partial charge in [-0.05, 0) is 26.0 Å². The molecule has 1 atom stereocenters. The van der Waals surface area contributed by atoms with E-state index in [1.165, 1.54) is 12.1 Å². The maximum absolute atomic E-state index is 13.5. The zero-order chi connectivity index (χ0) is 12.0. The topological polar surface area (TPSA) is 21.3 Å². The van der Waals surface area contributed by atoms with Crippen molar-refractivity contribution in [3.63, 3.8) is 0 Å². The van der Waals surface area contributed by atoms with Crippen LogP contribution >= 0.6 is 0 Å². The van der Waals surface area contributed by atoms with Gasteiger partial charge in [0.1, 0.15) is 11.6 Å². The lowest BCUT2D eigenvalue weighted by molar-refractivity contribution is 0.189. The second kappa shape index (κ2) is 6.55. The summed E-state index contributed by atoms with van der Waals surface area (Å²) in [5.41, 5.74) is 0.500. The molecule has 0 radical (unpaired) electrons. The SMILES string of the molecule is CNC(CCCOC)c1ccc(F)cc1F. The molecule has 1 unspecified atom stereocenters. The summed E-state index contributed by atoms with van der Waals surface area (Å²) in [6, 6.07) is 3.57. The maximum Gasteiger partial charge on any atom is 0.130 e. The van der Waals surface area contributed by atoms with Crippen molar-refractivity contribution < 1.29 is 13.5 Å². The van der Waals surface area contributed by atoms with Crippen LogP contribution in [0.3, 0.4) is 0 Å². The summed E-state index contributed by atoms with van der Waals surface area (Å²) in [5, 5.41) is 3.02. The van der Waals surface area contributed by atoms with Crippen LogP contribution in [0.1, 0.15) is 24.4 Å².